The minimum atomic E-state index is 0.622. The van der Waals surface area contributed by atoms with E-state index in [-0.39, 0.29) is 0 Å². The maximum absolute atomic E-state index is 3.51. The zero-order valence-electron chi connectivity index (χ0n) is 10.9. The van der Waals surface area contributed by atoms with Crippen molar-refractivity contribution in [2.45, 2.75) is 25.1 Å². The summed E-state index contributed by atoms with van der Waals surface area (Å²) < 4.78 is 0. The number of thioether (sulfide) groups is 1. The Kier molecular flexibility index (Phi) is 4.35. The van der Waals surface area contributed by atoms with E-state index in [0.29, 0.717) is 11.3 Å². The van der Waals surface area contributed by atoms with Crippen molar-refractivity contribution in [2.24, 2.45) is 0 Å². The summed E-state index contributed by atoms with van der Waals surface area (Å²) in [5.41, 5.74) is 2.70. The first-order chi connectivity index (χ1) is 8.26. The molecule has 1 aromatic rings. The lowest BCUT2D eigenvalue weighted by atomic mass is 10.1. The van der Waals surface area contributed by atoms with Gasteiger partial charge in [-0.05, 0) is 37.8 Å². The molecule has 2 unspecified atom stereocenters. The number of rotatable bonds is 4. The van der Waals surface area contributed by atoms with Gasteiger partial charge in [0.15, 0.2) is 0 Å². The van der Waals surface area contributed by atoms with Crippen LogP contribution in [0.25, 0.3) is 0 Å². The number of nitrogens with zero attached hydrogens (tertiary/aromatic N) is 1. The molecule has 0 radical (unpaired) electrons. The summed E-state index contributed by atoms with van der Waals surface area (Å²) >= 11 is 1.98. The Morgan fingerprint density at radius 2 is 2.24 bits per heavy atom. The largest absolute Gasteiger partial charge is 0.366 e. The van der Waals surface area contributed by atoms with Crippen LogP contribution < -0.4 is 10.2 Å². The van der Waals surface area contributed by atoms with Gasteiger partial charge in [0.25, 0.3) is 0 Å². The predicted octanol–water partition coefficient (Wildman–Crippen LogP) is 2.52. The lowest BCUT2D eigenvalue weighted by Gasteiger charge is -2.33. The molecule has 1 heterocycles. The summed E-state index contributed by atoms with van der Waals surface area (Å²) in [5.74, 6) is 0. The molecule has 0 aromatic heterocycles. The Balaban J connectivity index is 2.21. The highest BCUT2D eigenvalue weighted by molar-refractivity contribution is 7.99. The lowest BCUT2D eigenvalue weighted by Crippen LogP contribution is -2.42. The van der Waals surface area contributed by atoms with Crippen LogP contribution in [0, 0.1) is 6.92 Å². The van der Waals surface area contributed by atoms with E-state index in [4.69, 9.17) is 0 Å². The van der Waals surface area contributed by atoms with Gasteiger partial charge < -0.3 is 10.2 Å². The molecule has 0 bridgehead atoms. The van der Waals surface area contributed by atoms with Gasteiger partial charge in [-0.25, -0.2) is 0 Å². The minimum absolute atomic E-state index is 0.622. The molecule has 1 aromatic carbocycles. The second-order valence-electron chi connectivity index (χ2n) is 4.62. The van der Waals surface area contributed by atoms with Crippen LogP contribution in [-0.2, 0) is 0 Å². The molecule has 1 fully saturated rings. The fraction of sp³-hybridized carbons (Fsp3) is 0.571. The lowest BCUT2D eigenvalue weighted by molar-refractivity contribution is 0.656. The Bertz CT molecular complexity index is 367. The van der Waals surface area contributed by atoms with Crippen molar-refractivity contribution in [3.8, 4) is 0 Å². The number of hydrogen-bond acceptors (Lipinski definition) is 3. The fourth-order valence-corrected chi connectivity index (χ4v) is 3.45. The standard InChI is InChI=1S/C14H22N2S/c1-4-16(12-7-5-6-11(2)8-12)13-9-15-10-14(13)17-3/h5-8,13-15H,4,9-10H2,1-3H3. The van der Waals surface area contributed by atoms with E-state index in [1.165, 1.54) is 11.3 Å². The van der Waals surface area contributed by atoms with Crippen molar-refractivity contribution < 1.29 is 0 Å². The maximum atomic E-state index is 3.51. The topological polar surface area (TPSA) is 15.3 Å². The van der Waals surface area contributed by atoms with Gasteiger partial charge in [0.05, 0.1) is 6.04 Å². The van der Waals surface area contributed by atoms with E-state index in [1.807, 2.05) is 11.8 Å². The number of anilines is 1. The van der Waals surface area contributed by atoms with Crippen LogP contribution in [0.2, 0.25) is 0 Å². The van der Waals surface area contributed by atoms with Gasteiger partial charge in [-0.1, -0.05) is 12.1 Å². The summed E-state index contributed by atoms with van der Waals surface area (Å²) in [6, 6.07) is 9.46. The molecule has 2 rings (SSSR count). The third kappa shape index (κ3) is 2.78. The van der Waals surface area contributed by atoms with Gasteiger partial charge in [-0.15, -0.1) is 0 Å². The average molecular weight is 250 g/mol. The monoisotopic (exact) mass is 250 g/mol. The van der Waals surface area contributed by atoms with Gasteiger partial charge in [0.1, 0.15) is 0 Å². The number of aryl methyl sites for hydroxylation is 1. The molecule has 0 saturated carbocycles. The molecule has 2 atom stereocenters. The van der Waals surface area contributed by atoms with Gasteiger partial charge in [-0.2, -0.15) is 11.8 Å². The molecule has 1 saturated heterocycles. The van der Waals surface area contributed by atoms with Crippen molar-refractivity contribution in [3.05, 3.63) is 29.8 Å². The zero-order chi connectivity index (χ0) is 12.3. The zero-order valence-corrected chi connectivity index (χ0v) is 11.8. The summed E-state index contributed by atoms with van der Waals surface area (Å²) in [7, 11) is 0. The fourth-order valence-electron chi connectivity index (χ4n) is 2.61. The molecule has 94 valence electrons. The molecule has 17 heavy (non-hydrogen) atoms. The Labute approximate surface area is 109 Å². The van der Waals surface area contributed by atoms with E-state index in [1.54, 1.807) is 0 Å². The molecule has 3 heteroatoms. The Morgan fingerprint density at radius 3 is 2.88 bits per heavy atom. The molecule has 0 spiro atoms. The van der Waals surface area contributed by atoms with E-state index < -0.39 is 0 Å². The van der Waals surface area contributed by atoms with Crippen LogP contribution in [0.1, 0.15) is 12.5 Å². The first kappa shape index (κ1) is 12.8. The highest BCUT2D eigenvalue weighted by atomic mass is 32.2. The SMILES string of the molecule is CCN(c1cccc(C)c1)C1CNCC1SC. The maximum Gasteiger partial charge on any atom is 0.0545 e. The first-order valence-corrected chi connectivity index (χ1v) is 7.62. The summed E-state index contributed by atoms with van der Waals surface area (Å²) in [4.78, 5) is 2.54. The van der Waals surface area contributed by atoms with Crippen molar-refractivity contribution in [1.82, 2.24) is 5.32 Å². The third-order valence-electron chi connectivity index (χ3n) is 3.51. The molecular formula is C14H22N2S. The van der Waals surface area contributed by atoms with Crippen molar-refractivity contribution in [2.75, 3.05) is 30.8 Å². The average Bonchev–Trinajstić information content (AvgIpc) is 2.78. The van der Waals surface area contributed by atoms with Crippen LogP contribution in [0.4, 0.5) is 5.69 Å². The Morgan fingerprint density at radius 1 is 1.41 bits per heavy atom. The predicted molar refractivity (Wildman–Crippen MR) is 78.2 cm³/mol. The van der Waals surface area contributed by atoms with Gasteiger partial charge in [-0.3, -0.25) is 0 Å². The molecule has 2 nitrogen and oxygen atoms in total. The van der Waals surface area contributed by atoms with Crippen LogP contribution in [-0.4, -0.2) is 37.2 Å². The van der Waals surface area contributed by atoms with Crippen LogP contribution >= 0.6 is 11.8 Å². The van der Waals surface area contributed by atoms with E-state index >= 15 is 0 Å². The van der Waals surface area contributed by atoms with E-state index in [9.17, 15) is 0 Å². The highest BCUT2D eigenvalue weighted by Gasteiger charge is 2.30. The number of nitrogens with one attached hydrogen (secondary N) is 1. The first-order valence-electron chi connectivity index (χ1n) is 6.33. The summed E-state index contributed by atoms with van der Waals surface area (Å²) in [6.07, 6.45) is 2.22. The molecule has 1 aliphatic heterocycles. The highest BCUT2D eigenvalue weighted by Crippen LogP contribution is 2.25. The summed E-state index contributed by atoms with van der Waals surface area (Å²) in [6.45, 7) is 7.72. The number of hydrogen-bond donors (Lipinski definition) is 1. The van der Waals surface area contributed by atoms with Crippen molar-refractivity contribution in [1.29, 1.82) is 0 Å². The molecule has 0 amide bonds. The van der Waals surface area contributed by atoms with Gasteiger partial charge >= 0.3 is 0 Å². The normalized spacial score (nSPS) is 23.9. The van der Waals surface area contributed by atoms with Gasteiger partial charge in [0, 0.05) is 30.6 Å². The van der Waals surface area contributed by atoms with Crippen LogP contribution in [0.3, 0.4) is 0 Å². The van der Waals surface area contributed by atoms with E-state index in [2.05, 4.69) is 54.6 Å². The third-order valence-corrected chi connectivity index (χ3v) is 4.59. The second-order valence-corrected chi connectivity index (χ2v) is 5.70. The smallest absolute Gasteiger partial charge is 0.0545 e. The number of benzene rings is 1. The van der Waals surface area contributed by atoms with Crippen molar-refractivity contribution in [3.63, 3.8) is 0 Å². The van der Waals surface area contributed by atoms with Crippen LogP contribution in [0.15, 0.2) is 24.3 Å². The second kappa shape index (κ2) is 5.78. The van der Waals surface area contributed by atoms with Crippen molar-refractivity contribution >= 4 is 17.4 Å². The summed E-state index contributed by atoms with van der Waals surface area (Å²) in [5, 5.41) is 4.21. The number of likely N-dealkylation sites (N-methyl/N-ethyl adjacent to an activating group) is 1. The molecule has 1 N–H and O–H groups in total. The molecule has 0 aliphatic carbocycles. The minimum Gasteiger partial charge on any atom is -0.366 e. The Hall–Kier alpha value is -0.670. The van der Waals surface area contributed by atoms with Gasteiger partial charge in [0.2, 0.25) is 0 Å². The quantitative estimate of drug-likeness (QED) is 0.884. The molecular weight excluding hydrogens is 228 g/mol. The van der Waals surface area contributed by atoms with E-state index in [0.717, 1.165) is 19.6 Å². The molecule has 1 aliphatic rings. The van der Waals surface area contributed by atoms with Crippen LogP contribution in [0.5, 0.6) is 0 Å².